The summed E-state index contributed by atoms with van der Waals surface area (Å²) in [4.78, 5) is 10.0. The molecular formula is C10H17ClN4. The van der Waals surface area contributed by atoms with E-state index in [1.807, 2.05) is 7.05 Å². The van der Waals surface area contributed by atoms with Crippen molar-refractivity contribution in [2.45, 2.75) is 26.8 Å². The first kappa shape index (κ1) is 12.0. The molecule has 0 aliphatic heterocycles. The fraction of sp³-hybridized carbons (Fsp3) is 0.600. The number of hydrogen-bond donors (Lipinski definition) is 1. The highest BCUT2D eigenvalue weighted by Gasteiger charge is 2.15. The molecule has 0 fully saturated rings. The second-order valence-corrected chi connectivity index (χ2v) is 4.39. The van der Waals surface area contributed by atoms with Crippen molar-refractivity contribution in [3.8, 4) is 0 Å². The molecule has 84 valence electrons. The number of nitrogen functional groups attached to an aromatic ring is 1. The second-order valence-electron chi connectivity index (χ2n) is 4.00. The standard InChI is InChI=1S/C10H17ClN4/c1-6(2)7(3)15(4)9-5-8(11)13-10(12)14-9/h5-7H,1-4H3,(H2,12,13,14). The van der Waals surface area contributed by atoms with Gasteiger partial charge in [0.15, 0.2) is 0 Å². The Labute approximate surface area is 95.5 Å². The van der Waals surface area contributed by atoms with Gasteiger partial charge >= 0.3 is 0 Å². The molecule has 0 saturated carbocycles. The highest BCUT2D eigenvalue weighted by Crippen LogP contribution is 2.20. The van der Waals surface area contributed by atoms with Crippen LogP contribution in [-0.2, 0) is 0 Å². The Morgan fingerprint density at radius 2 is 1.93 bits per heavy atom. The van der Waals surface area contributed by atoms with Gasteiger partial charge in [0.2, 0.25) is 5.95 Å². The minimum atomic E-state index is 0.209. The van der Waals surface area contributed by atoms with E-state index in [9.17, 15) is 0 Å². The van der Waals surface area contributed by atoms with Crippen molar-refractivity contribution in [3.63, 3.8) is 0 Å². The molecular weight excluding hydrogens is 212 g/mol. The molecule has 0 amide bonds. The van der Waals surface area contributed by atoms with Gasteiger partial charge in [0.1, 0.15) is 11.0 Å². The van der Waals surface area contributed by atoms with Gasteiger partial charge in [-0.15, -0.1) is 0 Å². The molecule has 5 heteroatoms. The Morgan fingerprint density at radius 3 is 2.40 bits per heavy atom. The smallest absolute Gasteiger partial charge is 0.223 e. The van der Waals surface area contributed by atoms with E-state index in [0.717, 1.165) is 5.82 Å². The van der Waals surface area contributed by atoms with Crippen LogP contribution in [0.3, 0.4) is 0 Å². The summed E-state index contributed by atoms with van der Waals surface area (Å²) in [5, 5.41) is 0.375. The monoisotopic (exact) mass is 228 g/mol. The predicted molar refractivity (Wildman–Crippen MR) is 64.2 cm³/mol. The lowest BCUT2D eigenvalue weighted by atomic mass is 10.1. The van der Waals surface area contributed by atoms with Crippen LogP contribution in [0.5, 0.6) is 0 Å². The highest BCUT2D eigenvalue weighted by molar-refractivity contribution is 6.29. The van der Waals surface area contributed by atoms with E-state index < -0.39 is 0 Å². The molecule has 0 aliphatic rings. The van der Waals surface area contributed by atoms with Crippen molar-refractivity contribution in [3.05, 3.63) is 11.2 Å². The van der Waals surface area contributed by atoms with Crippen molar-refractivity contribution in [1.29, 1.82) is 0 Å². The maximum atomic E-state index is 5.82. The van der Waals surface area contributed by atoms with Gasteiger partial charge in [0, 0.05) is 19.2 Å². The summed E-state index contributed by atoms with van der Waals surface area (Å²) in [6.07, 6.45) is 0. The molecule has 1 atom stereocenters. The number of nitrogens with zero attached hydrogens (tertiary/aromatic N) is 3. The van der Waals surface area contributed by atoms with Crippen molar-refractivity contribution in [2.24, 2.45) is 5.92 Å². The number of nitrogens with two attached hydrogens (primary N) is 1. The van der Waals surface area contributed by atoms with Gasteiger partial charge in [0.05, 0.1) is 0 Å². The summed E-state index contributed by atoms with van der Waals surface area (Å²) in [5.41, 5.74) is 5.54. The van der Waals surface area contributed by atoms with Gasteiger partial charge in [-0.2, -0.15) is 4.98 Å². The third kappa shape index (κ3) is 2.96. The van der Waals surface area contributed by atoms with Crippen molar-refractivity contribution >= 4 is 23.4 Å². The number of rotatable bonds is 3. The average molecular weight is 229 g/mol. The summed E-state index contributed by atoms with van der Waals surface area (Å²) < 4.78 is 0. The SMILES string of the molecule is CC(C)C(C)N(C)c1cc(Cl)nc(N)n1. The van der Waals surface area contributed by atoms with Crippen molar-refractivity contribution < 1.29 is 0 Å². The molecule has 1 aromatic rings. The van der Waals surface area contributed by atoms with Gasteiger partial charge in [-0.1, -0.05) is 25.4 Å². The summed E-state index contributed by atoms with van der Waals surface area (Å²) in [5.74, 6) is 1.50. The van der Waals surface area contributed by atoms with E-state index in [1.165, 1.54) is 0 Å². The Hall–Kier alpha value is -1.03. The molecule has 4 nitrogen and oxygen atoms in total. The third-order valence-electron chi connectivity index (χ3n) is 2.64. The second kappa shape index (κ2) is 4.66. The Kier molecular flexibility index (Phi) is 3.74. The molecule has 2 N–H and O–H groups in total. The quantitative estimate of drug-likeness (QED) is 0.806. The first-order chi connectivity index (χ1) is 6.91. The van der Waals surface area contributed by atoms with Crippen molar-refractivity contribution in [2.75, 3.05) is 17.7 Å². The molecule has 0 aromatic carbocycles. The largest absolute Gasteiger partial charge is 0.368 e. The highest BCUT2D eigenvalue weighted by atomic mass is 35.5. The lowest BCUT2D eigenvalue weighted by molar-refractivity contribution is 0.502. The predicted octanol–water partition coefficient (Wildman–Crippen LogP) is 2.19. The zero-order chi connectivity index (χ0) is 11.6. The molecule has 1 heterocycles. The van der Waals surface area contributed by atoms with Gasteiger partial charge in [0.25, 0.3) is 0 Å². The van der Waals surface area contributed by atoms with E-state index >= 15 is 0 Å². The molecule has 15 heavy (non-hydrogen) atoms. The van der Waals surface area contributed by atoms with Crippen LogP contribution in [0.25, 0.3) is 0 Å². The van der Waals surface area contributed by atoms with E-state index in [-0.39, 0.29) is 5.95 Å². The minimum absolute atomic E-state index is 0.209. The fourth-order valence-corrected chi connectivity index (χ4v) is 1.44. The van der Waals surface area contributed by atoms with E-state index in [2.05, 4.69) is 35.6 Å². The lowest BCUT2D eigenvalue weighted by Crippen LogP contribution is -2.33. The van der Waals surface area contributed by atoms with Crippen LogP contribution in [0.4, 0.5) is 11.8 Å². The van der Waals surface area contributed by atoms with Crippen LogP contribution in [0.2, 0.25) is 5.15 Å². The van der Waals surface area contributed by atoms with Crippen LogP contribution in [-0.4, -0.2) is 23.1 Å². The Morgan fingerprint density at radius 1 is 1.33 bits per heavy atom. The van der Waals surface area contributed by atoms with Crippen molar-refractivity contribution in [1.82, 2.24) is 9.97 Å². The van der Waals surface area contributed by atoms with Crippen LogP contribution in [0, 0.1) is 5.92 Å². The van der Waals surface area contributed by atoms with Crippen LogP contribution in [0.1, 0.15) is 20.8 Å². The van der Waals surface area contributed by atoms with E-state index in [0.29, 0.717) is 17.1 Å². The summed E-state index contributed by atoms with van der Waals surface area (Å²) in [6.45, 7) is 6.46. The number of halogens is 1. The van der Waals surface area contributed by atoms with Gasteiger partial charge in [-0.3, -0.25) is 0 Å². The summed E-state index contributed by atoms with van der Waals surface area (Å²) >= 11 is 5.82. The average Bonchev–Trinajstić information content (AvgIpc) is 2.13. The first-order valence-electron chi connectivity index (χ1n) is 4.94. The number of anilines is 2. The first-order valence-corrected chi connectivity index (χ1v) is 5.32. The lowest BCUT2D eigenvalue weighted by Gasteiger charge is -2.28. The number of aromatic nitrogens is 2. The Balaban J connectivity index is 2.95. The molecule has 0 radical (unpaired) electrons. The van der Waals surface area contributed by atoms with E-state index in [1.54, 1.807) is 6.07 Å². The van der Waals surface area contributed by atoms with Crippen LogP contribution in [0.15, 0.2) is 6.07 Å². The van der Waals surface area contributed by atoms with Gasteiger partial charge in [-0.25, -0.2) is 4.98 Å². The summed E-state index contributed by atoms with van der Waals surface area (Å²) in [7, 11) is 1.97. The number of hydrogen-bond acceptors (Lipinski definition) is 4. The normalized spacial score (nSPS) is 12.9. The maximum absolute atomic E-state index is 5.82. The molecule has 1 unspecified atom stereocenters. The van der Waals surface area contributed by atoms with Crippen LogP contribution >= 0.6 is 11.6 Å². The molecule has 0 spiro atoms. The maximum Gasteiger partial charge on any atom is 0.223 e. The van der Waals surface area contributed by atoms with Gasteiger partial charge < -0.3 is 10.6 Å². The molecule has 1 aromatic heterocycles. The van der Waals surface area contributed by atoms with Crippen LogP contribution < -0.4 is 10.6 Å². The minimum Gasteiger partial charge on any atom is -0.368 e. The Bertz CT molecular complexity index is 320. The fourth-order valence-electron chi connectivity index (χ4n) is 1.26. The molecule has 0 bridgehead atoms. The molecule has 0 aliphatic carbocycles. The topological polar surface area (TPSA) is 55.0 Å². The molecule has 1 rings (SSSR count). The zero-order valence-corrected chi connectivity index (χ0v) is 10.3. The zero-order valence-electron chi connectivity index (χ0n) is 9.53. The molecule has 0 saturated heterocycles. The van der Waals surface area contributed by atoms with E-state index in [4.69, 9.17) is 17.3 Å². The summed E-state index contributed by atoms with van der Waals surface area (Å²) in [6, 6.07) is 2.09. The van der Waals surface area contributed by atoms with Gasteiger partial charge in [-0.05, 0) is 12.8 Å². The third-order valence-corrected chi connectivity index (χ3v) is 2.83.